The van der Waals surface area contributed by atoms with Crippen molar-refractivity contribution in [2.75, 3.05) is 13.1 Å². The molecule has 1 aliphatic heterocycles. The molecule has 1 saturated heterocycles. The van der Waals surface area contributed by atoms with Crippen molar-refractivity contribution in [2.24, 2.45) is 5.73 Å². The highest BCUT2D eigenvalue weighted by atomic mass is 32.2. The van der Waals surface area contributed by atoms with Gasteiger partial charge in [0.15, 0.2) is 0 Å². The quantitative estimate of drug-likeness (QED) is 0.911. The van der Waals surface area contributed by atoms with Gasteiger partial charge >= 0.3 is 0 Å². The minimum Gasteiger partial charge on any atom is -0.329 e. The number of piperidine rings is 1. The molecule has 1 aliphatic rings. The summed E-state index contributed by atoms with van der Waals surface area (Å²) in [5.74, 6) is -0.580. The summed E-state index contributed by atoms with van der Waals surface area (Å²) in [6, 6.07) is 5.60. The molecule has 0 amide bonds. The Labute approximate surface area is 113 Å². The number of rotatable bonds is 4. The van der Waals surface area contributed by atoms with Crippen LogP contribution in [0.4, 0.5) is 4.39 Å². The fraction of sp³-hybridized carbons (Fsp3) is 0.538. The highest BCUT2D eigenvalue weighted by molar-refractivity contribution is 7.88. The van der Waals surface area contributed by atoms with Gasteiger partial charge in [-0.25, -0.2) is 12.8 Å². The number of nitrogens with zero attached hydrogens (tertiary/aromatic N) is 1. The molecule has 0 aliphatic carbocycles. The van der Waals surface area contributed by atoms with Crippen LogP contribution in [0.2, 0.25) is 0 Å². The summed E-state index contributed by atoms with van der Waals surface area (Å²) < 4.78 is 39.4. The Bertz CT molecular complexity index is 533. The molecule has 0 spiro atoms. The molecule has 1 unspecified atom stereocenters. The van der Waals surface area contributed by atoms with E-state index < -0.39 is 15.8 Å². The Morgan fingerprint density at radius 2 is 2.16 bits per heavy atom. The molecule has 2 N–H and O–H groups in total. The third-order valence-electron chi connectivity index (χ3n) is 3.44. The second-order valence-electron chi connectivity index (χ2n) is 4.88. The van der Waals surface area contributed by atoms with E-state index in [9.17, 15) is 12.8 Å². The van der Waals surface area contributed by atoms with Crippen molar-refractivity contribution in [3.8, 4) is 0 Å². The average molecular weight is 286 g/mol. The van der Waals surface area contributed by atoms with Crippen LogP contribution < -0.4 is 5.73 Å². The topological polar surface area (TPSA) is 63.4 Å². The molecule has 106 valence electrons. The van der Waals surface area contributed by atoms with E-state index >= 15 is 0 Å². The van der Waals surface area contributed by atoms with Gasteiger partial charge in [0, 0.05) is 19.1 Å². The summed E-state index contributed by atoms with van der Waals surface area (Å²) in [4.78, 5) is 0. The number of hydrogen-bond donors (Lipinski definition) is 1. The monoisotopic (exact) mass is 286 g/mol. The first-order valence-electron chi connectivity index (χ1n) is 6.47. The summed E-state index contributed by atoms with van der Waals surface area (Å²) in [5.41, 5.74) is 6.12. The smallest absolute Gasteiger partial charge is 0.218 e. The fourth-order valence-corrected chi connectivity index (χ4v) is 4.32. The first kappa shape index (κ1) is 14.4. The minimum absolute atomic E-state index is 0.118. The molecule has 0 aromatic heterocycles. The SMILES string of the molecule is NCC1CCCCN1S(=O)(=O)Cc1cccc(F)c1. The van der Waals surface area contributed by atoms with E-state index in [1.807, 2.05) is 0 Å². The van der Waals surface area contributed by atoms with Gasteiger partial charge in [0.2, 0.25) is 10.0 Å². The number of benzene rings is 1. The van der Waals surface area contributed by atoms with Crippen LogP contribution in [0.15, 0.2) is 24.3 Å². The average Bonchev–Trinajstić information content (AvgIpc) is 2.38. The van der Waals surface area contributed by atoms with E-state index in [2.05, 4.69) is 0 Å². The lowest BCUT2D eigenvalue weighted by Gasteiger charge is -2.33. The Balaban J connectivity index is 2.17. The molecule has 2 rings (SSSR count). The van der Waals surface area contributed by atoms with E-state index in [0.29, 0.717) is 18.7 Å². The van der Waals surface area contributed by atoms with Crippen LogP contribution >= 0.6 is 0 Å². The van der Waals surface area contributed by atoms with E-state index in [1.165, 1.54) is 22.5 Å². The highest BCUT2D eigenvalue weighted by Gasteiger charge is 2.31. The van der Waals surface area contributed by atoms with Crippen molar-refractivity contribution in [1.29, 1.82) is 0 Å². The molecule has 4 nitrogen and oxygen atoms in total. The van der Waals surface area contributed by atoms with Crippen LogP contribution in [0, 0.1) is 5.82 Å². The van der Waals surface area contributed by atoms with Crippen LogP contribution in [0.5, 0.6) is 0 Å². The molecule has 19 heavy (non-hydrogen) atoms. The zero-order valence-electron chi connectivity index (χ0n) is 10.8. The Hall–Kier alpha value is -0.980. The molecule has 6 heteroatoms. The molecular weight excluding hydrogens is 267 g/mol. The van der Waals surface area contributed by atoms with Gasteiger partial charge in [0.05, 0.1) is 5.75 Å². The van der Waals surface area contributed by atoms with E-state index in [4.69, 9.17) is 5.73 Å². The molecule has 0 saturated carbocycles. The molecular formula is C13H19FN2O2S. The third kappa shape index (κ3) is 3.52. The molecule has 1 heterocycles. The second-order valence-corrected chi connectivity index (χ2v) is 6.80. The minimum atomic E-state index is -3.43. The fourth-order valence-electron chi connectivity index (χ4n) is 2.50. The molecule has 1 fully saturated rings. The van der Waals surface area contributed by atoms with Crippen molar-refractivity contribution < 1.29 is 12.8 Å². The van der Waals surface area contributed by atoms with Gasteiger partial charge in [-0.15, -0.1) is 0 Å². The van der Waals surface area contributed by atoms with E-state index in [0.717, 1.165) is 19.3 Å². The van der Waals surface area contributed by atoms with Crippen molar-refractivity contribution >= 4 is 10.0 Å². The Kier molecular flexibility index (Phi) is 4.54. The number of nitrogens with two attached hydrogens (primary N) is 1. The maximum absolute atomic E-state index is 13.1. The van der Waals surface area contributed by atoms with Crippen molar-refractivity contribution in [3.05, 3.63) is 35.6 Å². The van der Waals surface area contributed by atoms with Gasteiger partial charge < -0.3 is 5.73 Å². The predicted octanol–water partition coefficient (Wildman–Crippen LogP) is 1.47. The predicted molar refractivity (Wildman–Crippen MR) is 72.4 cm³/mol. The zero-order valence-corrected chi connectivity index (χ0v) is 11.6. The summed E-state index contributed by atoms with van der Waals surface area (Å²) in [6.07, 6.45) is 2.67. The summed E-state index contributed by atoms with van der Waals surface area (Å²) in [5, 5.41) is 0. The largest absolute Gasteiger partial charge is 0.329 e. The summed E-state index contributed by atoms with van der Waals surface area (Å²) in [6.45, 7) is 0.849. The van der Waals surface area contributed by atoms with Crippen LogP contribution in [0.1, 0.15) is 24.8 Å². The molecule has 1 aromatic rings. The van der Waals surface area contributed by atoms with Crippen LogP contribution in [-0.2, 0) is 15.8 Å². The lowest BCUT2D eigenvalue weighted by Crippen LogP contribution is -2.47. The molecule has 1 atom stereocenters. The first-order valence-corrected chi connectivity index (χ1v) is 8.08. The van der Waals surface area contributed by atoms with Gasteiger partial charge in [0.1, 0.15) is 5.82 Å². The van der Waals surface area contributed by atoms with Crippen LogP contribution in [0.3, 0.4) is 0 Å². The van der Waals surface area contributed by atoms with Gasteiger partial charge in [-0.05, 0) is 30.5 Å². The van der Waals surface area contributed by atoms with E-state index in [-0.39, 0.29) is 11.8 Å². The van der Waals surface area contributed by atoms with E-state index in [1.54, 1.807) is 6.07 Å². The van der Waals surface area contributed by atoms with Gasteiger partial charge in [-0.3, -0.25) is 0 Å². The second kappa shape index (κ2) is 5.98. The maximum Gasteiger partial charge on any atom is 0.218 e. The number of hydrogen-bond acceptors (Lipinski definition) is 3. The van der Waals surface area contributed by atoms with Crippen molar-refractivity contribution in [1.82, 2.24) is 4.31 Å². The molecule has 0 bridgehead atoms. The summed E-state index contributed by atoms with van der Waals surface area (Å²) >= 11 is 0. The first-order chi connectivity index (χ1) is 9.03. The standard InChI is InChI=1S/C13H19FN2O2S/c14-12-5-3-4-11(8-12)10-19(17,18)16-7-2-1-6-13(16)9-15/h3-5,8,13H,1-2,6-7,9-10,15H2. The number of sulfonamides is 1. The normalized spacial score (nSPS) is 21.5. The summed E-state index contributed by atoms with van der Waals surface area (Å²) in [7, 11) is -3.43. The maximum atomic E-state index is 13.1. The van der Waals surface area contributed by atoms with Gasteiger partial charge in [-0.1, -0.05) is 18.6 Å². The molecule has 1 aromatic carbocycles. The van der Waals surface area contributed by atoms with Gasteiger partial charge in [0.25, 0.3) is 0 Å². The highest BCUT2D eigenvalue weighted by Crippen LogP contribution is 2.22. The third-order valence-corrected chi connectivity index (χ3v) is 5.33. The Morgan fingerprint density at radius 3 is 2.84 bits per heavy atom. The van der Waals surface area contributed by atoms with Crippen molar-refractivity contribution in [3.63, 3.8) is 0 Å². The lowest BCUT2D eigenvalue weighted by atomic mass is 10.1. The number of halogens is 1. The van der Waals surface area contributed by atoms with Crippen LogP contribution in [0.25, 0.3) is 0 Å². The zero-order chi connectivity index (χ0) is 13.9. The van der Waals surface area contributed by atoms with Crippen molar-refractivity contribution in [2.45, 2.75) is 31.1 Å². The van der Waals surface area contributed by atoms with Gasteiger partial charge in [-0.2, -0.15) is 4.31 Å². The van der Waals surface area contributed by atoms with Crippen LogP contribution in [-0.4, -0.2) is 31.9 Å². The lowest BCUT2D eigenvalue weighted by molar-refractivity contribution is 0.257. The Morgan fingerprint density at radius 1 is 1.37 bits per heavy atom. The molecule has 0 radical (unpaired) electrons.